The molecule has 92 valence electrons. The summed E-state index contributed by atoms with van der Waals surface area (Å²) in [6, 6.07) is 0. The predicted molar refractivity (Wildman–Crippen MR) is 62.0 cm³/mol. The highest BCUT2D eigenvalue weighted by Crippen LogP contribution is 2.64. The third-order valence-corrected chi connectivity index (χ3v) is 5.48. The maximum absolute atomic E-state index is 11.9. The number of allylic oxidation sites excluding steroid dienone is 1. The molecule has 0 amide bonds. The second-order valence-corrected chi connectivity index (χ2v) is 6.07. The van der Waals surface area contributed by atoms with Crippen LogP contribution in [0.2, 0.25) is 0 Å². The maximum atomic E-state index is 11.9. The summed E-state index contributed by atoms with van der Waals surface area (Å²) in [6.07, 6.45) is 3.62. The highest BCUT2D eigenvalue weighted by atomic mass is 16.6. The van der Waals surface area contributed by atoms with Crippen LogP contribution in [0, 0.1) is 16.7 Å². The normalized spacial score (nSPS) is 40.0. The van der Waals surface area contributed by atoms with E-state index < -0.39 is 5.41 Å². The van der Waals surface area contributed by atoms with Crippen LogP contribution in [0.25, 0.3) is 0 Å². The molecular formula is C14H18O3. The first kappa shape index (κ1) is 11.0. The van der Waals surface area contributed by atoms with Crippen molar-refractivity contribution in [3.63, 3.8) is 0 Å². The third kappa shape index (κ3) is 1.03. The number of carbonyl (C=O) groups is 2. The molecule has 0 atom stereocenters. The molecule has 0 aromatic heterocycles. The molecule has 0 aromatic rings. The summed E-state index contributed by atoms with van der Waals surface area (Å²) < 4.78 is 4.89. The van der Waals surface area contributed by atoms with Gasteiger partial charge in [-0.25, -0.2) is 4.79 Å². The first-order chi connectivity index (χ1) is 7.94. The Morgan fingerprint density at radius 2 is 1.71 bits per heavy atom. The Kier molecular flexibility index (Phi) is 1.94. The van der Waals surface area contributed by atoms with Crippen LogP contribution in [0.15, 0.2) is 11.1 Å². The van der Waals surface area contributed by atoms with E-state index in [9.17, 15) is 9.59 Å². The summed E-state index contributed by atoms with van der Waals surface area (Å²) >= 11 is 0. The summed E-state index contributed by atoms with van der Waals surface area (Å²) in [5.74, 6) is -0.164. The fraction of sp³-hybridized carbons (Fsp3) is 0.714. The average molecular weight is 234 g/mol. The molecule has 1 saturated carbocycles. The molecular weight excluding hydrogens is 216 g/mol. The fourth-order valence-corrected chi connectivity index (χ4v) is 4.25. The van der Waals surface area contributed by atoms with E-state index in [4.69, 9.17) is 4.74 Å². The second kappa shape index (κ2) is 3.01. The topological polar surface area (TPSA) is 43.4 Å². The molecule has 1 spiro atoms. The molecule has 17 heavy (non-hydrogen) atoms. The minimum absolute atomic E-state index is 0.126. The Morgan fingerprint density at radius 3 is 2.24 bits per heavy atom. The van der Waals surface area contributed by atoms with Crippen molar-refractivity contribution in [2.24, 2.45) is 16.7 Å². The summed E-state index contributed by atoms with van der Waals surface area (Å²) in [5.41, 5.74) is 1.38. The molecule has 3 nitrogen and oxygen atoms in total. The van der Waals surface area contributed by atoms with Crippen molar-refractivity contribution < 1.29 is 14.3 Å². The van der Waals surface area contributed by atoms with Gasteiger partial charge in [0, 0.05) is 0 Å². The van der Waals surface area contributed by atoms with Gasteiger partial charge in [-0.2, -0.15) is 0 Å². The molecule has 3 aliphatic carbocycles. The molecule has 0 radical (unpaired) electrons. The van der Waals surface area contributed by atoms with E-state index in [2.05, 4.69) is 13.8 Å². The summed E-state index contributed by atoms with van der Waals surface area (Å²) in [5, 5.41) is 0. The monoisotopic (exact) mass is 234 g/mol. The van der Waals surface area contributed by atoms with Gasteiger partial charge in [-0.15, -0.1) is 0 Å². The molecule has 4 aliphatic rings. The maximum Gasteiger partial charge on any atom is 0.342 e. The van der Waals surface area contributed by atoms with Crippen molar-refractivity contribution in [1.29, 1.82) is 0 Å². The van der Waals surface area contributed by atoms with Gasteiger partial charge in [0.05, 0.1) is 5.57 Å². The van der Waals surface area contributed by atoms with Gasteiger partial charge in [0.1, 0.15) is 5.41 Å². The Morgan fingerprint density at radius 1 is 1.12 bits per heavy atom. The Labute approximate surface area is 101 Å². The van der Waals surface area contributed by atoms with Crippen molar-refractivity contribution in [2.75, 3.05) is 0 Å². The zero-order valence-electron chi connectivity index (χ0n) is 10.6. The summed E-state index contributed by atoms with van der Waals surface area (Å²) in [4.78, 5) is 23.8. The van der Waals surface area contributed by atoms with Gasteiger partial charge in [-0.05, 0) is 43.9 Å². The van der Waals surface area contributed by atoms with Gasteiger partial charge in [-0.3, -0.25) is 4.79 Å². The largest absolute Gasteiger partial charge is 0.389 e. The molecule has 0 unspecified atom stereocenters. The van der Waals surface area contributed by atoms with Crippen molar-refractivity contribution in [2.45, 2.75) is 46.5 Å². The Bertz CT molecular complexity index is 448. The van der Waals surface area contributed by atoms with Gasteiger partial charge in [-0.1, -0.05) is 19.4 Å². The molecule has 3 heteroatoms. The highest BCUT2D eigenvalue weighted by molar-refractivity contribution is 6.11. The number of ether oxygens (including phenoxy) is 1. The number of carbonyl (C=O) groups excluding carboxylic acids is 2. The molecule has 2 fully saturated rings. The minimum Gasteiger partial charge on any atom is -0.389 e. The first-order valence-corrected chi connectivity index (χ1v) is 6.42. The lowest BCUT2D eigenvalue weighted by Gasteiger charge is -2.52. The lowest BCUT2D eigenvalue weighted by molar-refractivity contribution is -0.156. The van der Waals surface area contributed by atoms with Gasteiger partial charge in [0.25, 0.3) is 0 Å². The van der Waals surface area contributed by atoms with Gasteiger partial charge in [0.15, 0.2) is 0 Å². The zero-order chi connectivity index (χ0) is 12.4. The highest BCUT2D eigenvalue weighted by Gasteiger charge is 2.63. The van der Waals surface area contributed by atoms with Crippen molar-refractivity contribution in [3.05, 3.63) is 11.1 Å². The average Bonchev–Trinajstić information content (AvgIpc) is 2.53. The van der Waals surface area contributed by atoms with Gasteiger partial charge in [0.2, 0.25) is 0 Å². The van der Waals surface area contributed by atoms with Crippen LogP contribution in [-0.4, -0.2) is 11.9 Å². The predicted octanol–water partition coefficient (Wildman–Crippen LogP) is 2.60. The van der Waals surface area contributed by atoms with Crippen LogP contribution in [-0.2, 0) is 14.3 Å². The molecule has 1 heterocycles. The number of fused-ring (bicyclic) bond motifs is 2. The van der Waals surface area contributed by atoms with Crippen LogP contribution in [0.4, 0.5) is 0 Å². The second-order valence-electron chi connectivity index (χ2n) is 6.07. The number of cyclic esters (lactones) is 2. The lowest BCUT2D eigenvalue weighted by atomic mass is 9.49. The molecule has 4 rings (SSSR count). The van der Waals surface area contributed by atoms with Crippen LogP contribution in [0.5, 0.6) is 0 Å². The van der Waals surface area contributed by atoms with E-state index in [1.807, 2.05) is 6.92 Å². The number of hydrogen-bond donors (Lipinski definition) is 0. The van der Waals surface area contributed by atoms with Crippen molar-refractivity contribution in [3.8, 4) is 0 Å². The minimum atomic E-state index is -0.572. The standard InChI is InChI=1S/C14H18O3/c1-8(2)13-4-6-14(7-5-13)10(9(13)3)11(15)17-12(14)16/h8H,4-7H2,1-3H3. The van der Waals surface area contributed by atoms with E-state index in [-0.39, 0.29) is 17.4 Å². The Balaban J connectivity index is 2.24. The quantitative estimate of drug-likeness (QED) is 0.517. The van der Waals surface area contributed by atoms with Gasteiger partial charge >= 0.3 is 11.9 Å². The number of hydrogen-bond acceptors (Lipinski definition) is 3. The molecule has 1 saturated heterocycles. The third-order valence-electron chi connectivity index (χ3n) is 5.48. The van der Waals surface area contributed by atoms with Crippen LogP contribution in [0.3, 0.4) is 0 Å². The van der Waals surface area contributed by atoms with E-state index in [0.29, 0.717) is 11.5 Å². The first-order valence-electron chi connectivity index (χ1n) is 6.42. The molecule has 0 aromatic carbocycles. The van der Waals surface area contributed by atoms with Crippen LogP contribution in [0.1, 0.15) is 46.5 Å². The van der Waals surface area contributed by atoms with Crippen LogP contribution >= 0.6 is 0 Å². The zero-order valence-corrected chi connectivity index (χ0v) is 10.6. The summed E-state index contributed by atoms with van der Waals surface area (Å²) in [6.45, 7) is 6.46. The number of esters is 2. The van der Waals surface area contributed by atoms with E-state index in [0.717, 1.165) is 31.3 Å². The van der Waals surface area contributed by atoms with E-state index in [1.165, 1.54) is 0 Å². The van der Waals surface area contributed by atoms with E-state index >= 15 is 0 Å². The smallest absolute Gasteiger partial charge is 0.342 e. The van der Waals surface area contributed by atoms with Crippen LogP contribution < -0.4 is 0 Å². The molecule has 2 bridgehead atoms. The SMILES string of the molecule is CC1=C2C(=O)OC(=O)C23CCC1(C(C)C)CC3. The van der Waals surface area contributed by atoms with Crippen molar-refractivity contribution >= 4 is 11.9 Å². The van der Waals surface area contributed by atoms with E-state index in [1.54, 1.807) is 0 Å². The number of rotatable bonds is 1. The fourth-order valence-electron chi connectivity index (χ4n) is 4.25. The lowest BCUT2D eigenvalue weighted by Crippen LogP contribution is -2.47. The van der Waals surface area contributed by atoms with Crippen molar-refractivity contribution in [1.82, 2.24) is 0 Å². The van der Waals surface area contributed by atoms with Gasteiger partial charge < -0.3 is 4.74 Å². The molecule has 0 N–H and O–H groups in total. The summed E-state index contributed by atoms with van der Waals surface area (Å²) in [7, 11) is 0. The Hall–Kier alpha value is -1.12. The molecule has 1 aliphatic heterocycles.